The molecule has 2 rings (SSSR count). The van der Waals surface area contributed by atoms with Gasteiger partial charge in [-0.3, -0.25) is 4.98 Å². The molecule has 1 aromatic heterocycles. The lowest BCUT2D eigenvalue weighted by atomic mass is 10.2. The Bertz CT molecular complexity index is 345. The van der Waals surface area contributed by atoms with Gasteiger partial charge in [0, 0.05) is 19.3 Å². The third kappa shape index (κ3) is 2.48. The Balaban J connectivity index is 2.15. The Labute approximate surface area is 95.8 Å². The summed E-state index contributed by atoms with van der Waals surface area (Å²) < 4.78 is 5.41. The summed E-state index contributed by atoms with van der Waals surface area (Å²) in [4.78, 5) is 11.1. The van der Waals surface area contributed by atoms with Crippen molar-refractivity contribution in [3.05, 3.63) is 18.1 Å². The van der Waals surface area contributed by atoms with E-state index < -0.39 is 0 Å². The SMILES string of the molecule is CNCc1cncc(N2CCOCC2C)n1. The minimum Gasteiger partial charge on any atom is -0.377 e. The van der Waals surface area contributed by atoms with Crippen LogP contribution in [0.3, 0.4) is 0 Å². The van der Waals surface area contributed by atoms with E-state index >= 15 is 0 Å². The van der Waals surface area contributed by atoms with E-state index in [-0.39, 0.29) is 0 Å². The second kappa shape index (κ2) is 5.23. The van der Waals surface area contributed by atoms with Crippen LogP contribution in [0.25, 0.3) is 0 Å². The molecule has 1 aliphatic rings. The van der Waals surface area contributed by atoms with E-state index in [2.05, 4.69) is 27.1 Å². The van der Waals surface area contributed by atoms with Crippen molar-refractivity contribution in [3.63, 3.8) is 0 Å². The lowest BCUT2D eigenvalue weighted by Gasteiger charge is -2.34. The van der Waals surface area contributed by atoms with Gasteiger partial charge in [0.25, 0.3) is 0 Å². The molecule has 0 amide bonds. The highest BCUT2D eigenvalue weighted by Crippen LogP contribution is 2.16. The van der Waals surface area contributed by atoms with Crippen LogP contribution in [0.2, 0.25) is 0 Å². The lowest BCUT2D eigenvalue weighted by Crippen LogP contribution is -2.44. The molecule has 0 saturated carbocycles. The van der Waals surface area contributed by atoms with Crippen LogP contribution in [0.1, 0.15) is 12.6 Å². The molecule has 2 heterocycles. The van der Waals surface area contributed by atoms with Gasteiger partial charge in [-0.05, 0) is 14.0 Å². The minimum absolute atomic E-state index is 0.368. The van der Waals surface area contributed by atoms with Crippen LogP contribution < -0.4 is 10.2 Å². The summed E-state index contributed by atoms with van der Waals surface area (Å²) in [5.41, 5.74) is 0.971. The number of nitrogens with one attached hydrogen (secondary N) is 1. The van der Waals surface area contributed by atoms with Crippen molar-refractivity contribution < 1.29 is 4.74 Å². The summed E-state index contributed by atoms with van der Waals surface area (Å²) in [6.07, 6.45) is 3.62. The maximum atomic E-state index is 5.41. The topological polar surface area (TPSA) is 50.3 Å². The quantitative estimate of drug-likeness (QED) is 0.803. The molecule has 1 saturated heterocycles. The van der Waals surface area contributed by atoms with Crippen molar-refractivity contribution >= 4 is 5.82 Å². The van der Waals surface area contributed by atoms with Gasteiger partial charge >= 0.3 is 0 Å². The molecule has 88 valence electrons. The highest BCUT2D eigenvalue weighted by Gasteiger charge is 2.20. The van der Waals surface area contributed by atoms with E-state index in [0.717, 1.165) is 37.8 Å². The molecule has 0 spiro atoms. The molecule has 0 aliphatic carbocycles. The summed E-state index contributed by atoms with van der Waals surface area (Å²) in [5, 5.41) is 3.08. The van der Waals surface area contributed by atoms with Gasteiger partial charge in [0.05, 0.1) is 31.1 Å². The van der Waals surface area contributed by atoms with Gasteiger partial charge in [-0.2, -0.15) is 0 Å². The van der Waals surface area contributed by atoms with Gasteiger partial charge in [0.1, 0.15) is 5.82 Å². The summed E-state index contributed by atoms with van der Waals surface area (Å²) in [7, 11) is 1.91. The van der Waals surface area contributed by atoms with Crippen LogP contribution in [-0.2, 0) is 11.3 Å². The number of ether oxygens (including phenoxy) is 1. The summed E-state index contributed by atoms with van der Waals surface area (Å²) in [5.74, 6) is 0.948. The standard InChI is InChI=1S/C11H18N4O/c1-9-8-16-4-3-15(9)11-7-13-6-10(14-11)5-12-2/h6-7,9,12H,3-5,8H2,1-2H3. The molecule has 16 heavy (non-hydrogen) atoms. The molecule has 5 nitrogen and oxygen atoms in total. The van der Waals surface area contributed by atoms with Gasteiger partial charge in [-0.25, -0.2) is 4.98 Å². The van der Waals surface area contributed by atoms with Gasteiger partial charge in [-0.1, -0.05) is 0 Å². The molecule has 1 aromatic rings. The maximum Gasteiger partial charge on any atom is 0.147 e. The Hall–Kier alpha value is -1.20. The van der Waals surface area contributed by atoms with E-state index in [0.29, 0.717) is 6.04 Å². The number of hydrogen-bond acceptors (Lipinski definition) is 5. The summed E-state index contributed by atoms with van der Waals surface area (Å²) >= 11 is 0. The lowest BCUT2D eigenvalue weighted by molar-refractivity contribution is 0.0985. The number of rotatable bonds is 3. The highest BCUT2D eigenvalue weighted by atomic mass is 16.5. The molecule has 5 heteroatoms. The smallest absolute Gasteiger partial charge is 0.147 e. The number of hydrogen-bond donors (Lipinski definition) is 1. The Morgan fingerprint density at radius 3 is 3.19 bits per heavy atom. The molecule has 1 N–H and O–H groups in total. The van der Waals surface area contributed by atoms with E-state index in [1.165, 1.54) is 0 Å². The van der Waals surface area contributed by atoms with E-state index in [9.17, 15) is 0 Å². The molecule has 0 radical (unpaired) electrons. The zero-order valence-corrected chi connectivity index (χ0v) is 9.81. The second-order valence-electron chi connectivity index (χ2n) is 4.02. The Morgan fingerprint density at radius 2 is 2.44 bits per heavy atom. The van der Waals surface area contributed by atoms with Crippen molar-refractivity contribution in [2.24, 2.45) is 0 Å². The number of morpholine rings is 1. The number of aromatic nitrogens is 2. The third-order valence-electron chi connectivity index (χ3n) is 2.69. The molecule has 1 atom stereocenters. The molecular weight excluding hydrogens is 204 g/mol. The predicted molar refractivity (Wildman–Crippen MR) is 62.4 cm³/mol. The fraction of sp³-hybridized carbons (Fsp3) is 0.636. The molecular formula is C11H18N4O. The highest BCUT2D eigenvalue weighted by molar-refractivity contribution is 5.38. The van der Waals surface area contributed by atoms with E-state index in [1.54, 1.807) is 6.20 Å². The monoisotopic (exact) mass is 222 g/mol. The average molecular weight is 222 g/mol. The predicted octanol–water partition coefficient (Wildman–Crippen LogP) is 0.421. The van der Waals surface area contributed by atoms with Crippen molar-refractivity contribution in [2.45, 2.75) is 19.5 Å². The molecule has 1 unspecified atom stereocenters. The van der Waals surface area contributed by atoms with Gasteiger partial charge in [0.15, 0.2) is 0 Å². The van der Waals surface area contributed by atoms with Gasteiger partial charge in [0.2, 0.25) is 0 Å². The Kier molecular flexibility index (Phi) is 3.69. The Morgan fingerprint density at radius 1 is 1.56 bits per heavy atom. The summed E-state index contributed by atoms with van der Waals surface area (Å²) in [6.45, 7) is 5.31. The molecule has 0 bridgehead atoms. The number of nitrogens with zero attached hydrogens (tertiary/aromatic N) is 3. The van der Waals surface area contributed by atoms with Gasteiger partial charge < -0.3 is 15.0 Å². The summed E-state index contributed by atoms with van der Waals surface area (Å²) in [6, 6.07) is 0.368. The van der Waals surface area contributed by atoms with Crippen LogP contribution in [0, 0.1) is 0 Å². The normalized spacial score (nSPS) is 21.1. The first-order chi connectivity index (χ1) is 7.81. The van der Waals surface area contributed by atoms with Crippen LogP contribution in [-0.4, -0.2) is 42.8 Å². The maximum absolute atomic E-state index is 5.41. The van der Waals surface area contributed by atoms with Crippen LogP contribution in [0.5, 0.6) is 0 Å². The molecule has 0 aromatic carbocycles. The first kappa shape index (κ1) is 11.3. The molecule has 1 aliphatic heterocycles. The van der Waals surface area contributed by atoms with Crippen molar-refractivity contribution in [1.82, 2.24) is 15.3 Å². The first-order valence-corrected chi connectivity index (χ1v) is 5.61. The largest absolute Gasteiger partial charge is 0.377 e. The first-order valence-electron chi connectivity index (χ1n) is 5.61. The van der Waals surface area contributed by atoms with Crippen LogP contribution in [0.4, 0.5) is 5.82 Å². The minimum atomic E-state index is 0.368. The fourth-order valence-corrected chi connectivity index (χ4v) is 1.87. The second-order valence-corrected chi connectivity index (χ2v) is 4.02. The van der Waals surface area contributed by atoms with Crippen molar-refractivity contribution in [3.8, 4) is 0 Å². The zero-order chi connectivity index (χ0) is 11.4. The average Bonchev–Trinajstić information content (AvgIpc) is 2.30. The van der Waals surface area contributed by atoms with Crippen molar-refractivity contribution in [2.75, 3.05) is 31.7 Å². The zero-order valence-electron chi connectivity index (χ0n) is 9.81. The van der Waals surface area contributed by atoms with Crippen molar-refractivity contribution in [1.29, 1.82) is 0 Å². The van der Waals surface area contributed by atoms with Crippen LogP contribution >= 0.6 is 0 Å². The fourth-order valence-electron chi connectivity index (χ4n) is 1.87. The number of anilines is 1. The van der Waals surface area contributed by atoms with E-state index in [4.69, 9.17) is 4.74 Å². The van der Waals surface area contributed by atoms with Crippen LogP contribution in [0.15, 0.2) is 12.4 Å². The van der Waals surface area contributed by atoms with Gasteiger partial charge in [-0.15, -0.1) is 0 Å². The molecule has 1 fully saturated rings. The van der Waals surface area contributed by atoms with E-state index in [1.807, 2.05) is 13.2 Å². The third-order valence-corrected chi connectivity index (χ3v) is 2.69.